The van der Waals surface area contributed by atoms with Gasteiger partial charge in [0.15, 0.2) is 0 Å². The van der Waals surface area contributed by atoms with Gasteiger partial charge in [-0.2, -0.15) is 0 Å². The molecule has 0 unspecified atom stereocenters. The summed E-state index contributed by atoms with van der Waals surface area (Å²) in [4.78, 5) is 30.0. The maximum Gasteiger partial charge on any atom is 0.373 e. The smallest absolute Gasteiger partial charge is 0.254 e. The highest BCUT2D eigenvalue weighted by Gasteiger charge is 2.24. The molecule has 0 saturated carbocycles. The first kappa shape index (κ1) is 8.73. The molecular formula is C7H8O5. The molecular weight excluding hydrogens is 164 g/mol. The summed E-state index contributed by atoms with van der Waals surface area (Å²) in [5.74, 6) is -1.38. The molecule has 0 aromatic carbocycles. The molecule has 0 aromatic rings. The van der Waals surface area contributed by atoms with Gasteiger partial charge in [-0.3, -0.25) is 9.78 Å². The van der Waals surface area contributed by atoms with Crippen molar-refractivity contribution in [2.45, 2.75) is 20.3 Å². The topological polar surface area (TPSA) is 61.8 Å². The van der Waals surface area contributed by atoms with E-state index in [0.717, 1.165) is 0 Å². The van der Waals surface area contributed by atoms with Crippen molar-refractivity contribution in [2.24, 2.45) is 0 Å². The lowest BCUT2D eigenvalue weighted by Gasteiger charge is -1.96. The molecule has 1 rings (SSSR count). The van der Waals surface area contributed by atoms with Gasteiger partial charge in [0.25, 0.3) is 0 Å². The molecule has 0 N–H and O–H groups in total. The van der Waals surface area contributed by atoms with E-state index >= 15 is 0 Å². The summed E-state index contributed by atoms with van der Waals surface area (Å²) in [7, 11) is 0. The van der Waals surface area contributed by atoms with Crippen molar-refractivity contribution < 1.29 is 24.4 Å². The first-order valence-corrected chi connectivity index (χ1v) is 3.46. The van der Waals surface area contributed by atoms with E-state index in [-0.39, 0.29) is 11.1 Å². The summed E-state index contributed by atoms with van der Waals surface area (Å²) in [5, 5.41) is 3.88. The molecule has 0 fully saturated rings. The molecule has 12 heavy (non-hydrogen) atoms. The first-order chi connectivity index (χ1) is 5.66. The fourth-order valence-electron chi connectivity index (χ4n) is 0.877. The molecule has 66 valence electrons. The summed E-state index contributed by atoms with van der Waals surface area (Å²) in [6, 6.07) is 0. The van der Waals surface area contributed by atoms with Crippen LogP contribution in [0.2, 0.25) is 0 Å². The second-order valence-electron chi connectivity index (χ2n) is 2.27. The molecule has 5 nitrogen and oxygen atoms in total. The maximum absolute atomic E-state index is 11.0. The van der Waals surface area contributed by atoms with E-state index in [1.807, 2.05) is 0 Å². The minimum atomic E-state index is -0.697. The number of carbonyl (C=O) groups is 2. The normalized spacial score (nSPS) is 18.5. The lowest BCUT2D eigenvalue weighted by Crippen LogP contribution is -2.06. The predicted molar refractivity (Wildman–Crippen MR) is 36.3 cm³/mol. The molecule has 0 saturated heterocycles. The van der Waals surface area contributed by atoms with Gasteiger partial charge in [-0.15, -0.1) is 0 Å². The molecule has 0 atom stereocenters. The third-order valence-corrected chi connectivity index (χ3v) is 1.58. The van der Waals surface area contributed by atoms with Crippen LogP contribution in [0.3, 0.4) is 0 Å². The number of rotatable bonds is 1. The van der Waals surface area contributed by atoms with Crippen LogP contribution in [0.5, 0.6) is 0 Å². The summed E-state index contributed by atoms with van der Waals surface area (Å²) in [5.41, 5.74) is 0.498. The summed E-state index contributed by atoms with van der Waals surface area (Å²) < 4.78 is 0. The van der Waals surface area contributed by atoms with Crippen molar-refractivity contribution in [3.05, 3.63) is 11.1 Å². The first-order valence-electron chi connectivity index (χ1n) is 3.46. The van der Waals surface area contributed by atoms with Gasteiger partial charge in [-0.1, -0.05) is 6.92 Å². The van der Waals surface area contributed by atoms with Crippen molar-refractivity contribution in [1.29, 1.82) is 0 Å². The summed E-state index contributed by atoms with van der Waals surface area (Å²) >= 11 is 0. The standard InChI is InChI=1S/C7H8O5/c1-3-5-4(2)6(8)10-12-11-7(5)9/h3H2,1-2H3. The lowest BCUT2D eigenvalue weighted by atomic mass is 10.1. The Morgan fingerprint density at radius 2 is 1.75 bits per heavy atom. The summed E-state index contributed by atoms with van der Waals surface area (Å²) in [6.45, 7) is 3.22. The predicted octanol–water partition coefficient (Wildman–Crippen LogP) is 0.659. The van der Waals surface area contributed by atoms with Gasteiger partial charge in [0.1, 0.15) is 0 Å². The maximum atomic E-state index is 11.0. The summed E-state index contributed by atoms with van der Waals surface area (Å²) in [6.07, 6.45) is 0.406. The molecule has 5 heteroatoms. The molecule has 1 heterocycles. The highest BCUT2D eigenvalue weighted by Crippen LogP contribution is 2.15. The van der Waals surface area contributed by atoms with Crippen molar-refractivity contribution in [2.75, 3.05) is 0 Å². The Labute approximate surface area is 68.8 Å². The Morgan fingerprint density at radius 1 is 1.17 bits per heavy atom. The van der Waals surface area contributed by atoms with E-state index in [1.54, 1.807) is 6.92 Å². The van der Waals surface area contributed by atoms with Crippen LogP contribution >= 0.6 is 0 Å². The van der Waals surface area contributed by atoms with Gasteiger partial charge in [-0.25, -0.2) is 9.59 Å². The van der Waals surface area contributed by atoms with Gasteiger partial charge in [-0.05, 0) is 13.3 Å². The zero-order valence-electron chi connectivity index (χ0n) is 6.75. The fourth-order valence-corrected chi connectivity index (χ4v) is 0.877. The zero-order valence-corrected chi connectivity index (χ0v) is 6.75. The highest BCUT2D eigenvalue weighted by atomic mass is 17.5. The average molecular weight is 172 g/mol. The highest BCUT2D eigenvalue weighted by molar-refractivity contribution is 6.00. The molecule has 0 amide bonds. The van der Waals surface area contributed by atoms with E-state index in [2.05, 4.69) is 14.8 Å². The molecule has 0 bridgehead atoms. The molecule has 0 aliphatic carbocycles. The van der Waals surface area contributed by atoms with Crippen molar-refractivity contribution >= 4 is 11.9 Å². The van der Waals surface area contributed by atoms with Gasteiger partial charge in [0.2, 0.25) is 0 Å². The van der Waals surface area contributed by atoms with Crippen LogP contribution < -0.4 is 0 Å². The quantitative estimate of drug-likeness (QED) is 0.543. The molecule has 1 aliphatic heterocycles. The van der Waals surface area contributed by atoms with Gasteiger partial charge in [0.05, 0.1) is 5.57 Å². The number of carbonyl (C=O) groups excluding carboxylic acids is 2. The molecule has 0 radical (unpaired) electrons. The van der Waals surface area contributed by atoms with Crippen molar-refractivity contribution in [3.8, 4) is 0 Å². The second kappa shape index (κ2) is 3.36. The number of hydrogen-bond acceptors (Lipinski definition) is 5. The lowest BCUT2D eigenvalue weighted by molar-refractivity contribution is -0.454. The zero-order chi connectivity index (χ0) is 9.14. The largest absolute Gasteiger partial charge is 0.373 e. The third-order valence-electron chi connectivity index (χ3n) is 1.58. The van der Waals surface area contributed by atoms with E-state index in [9.17, 15) is 9.59 Å². The Balaban J connectivity index is 3.02. The van der Waals surface area contributed by atoms with Crippen molar-refractivity contribution in [1.82, 2.24) is 0 Å². The van der Waals surface area contributed by atoms with Crippen LogP contribution in [-0.4, -0.2) is 11.9 Å². The Bertz CT molecular complexity index is 253. The van der Waals surface area contributed by atoms with Crippen LogP contribution in [0.1, 0.15) is 20.3 Å². The Kier molecular flexibility index (Phi) is 2.44. The van der Waals surface area contributed by atoms with E-state index in [4.69, 9.17) is 0 Å². The van der Waals surface area contributed by atoms with Crippen molar-refractivity contribution in [3.63, 3.8) is 0 Å². The second-order valence-corrected chi connectivity index (χ2v) is 2.27. The number of hydrogen-bond donors (Lipinski definition) is 0. The van der Waals surface area contributed by atoms with Crippen LogP contribution in [0.4, 0.5) is 0 Å². The van der Waals surface area contributed by atoms with E-state index < -0.39 is 11.9 Å². The van der Waals surface area contributed by atoms with Crippen LogP contribution in [0.25, 0.3) is 0 Å². The Hall–Kier alpha value is -1.36. The van der Waals surface area contributed by atoms with Gasteiger partial charge in [0, 0.05) is 10.6 Å². The van der Waals surface area contributed by atoms with Crippen LogP contribution in [-0.2, 0) is 24.4 Å². The average Bonchev–Trinajstić information content (AvgIpc) is 2.14. The fraction of sp³-hybridized carbons (Fsp3) is 0.429. The van der Waals surface area contributed by atoms with E-state index in [0.29, 0.717) is 6.42 Å². The van der Waals surface area contributed by atoms with E-state index in [1.165, 1.54) is 6.92 Å². The van der Waals surface area contributed by atoms with Gasteiger partial charge < -0.3 is 0 Å². The Morgan fingerprint density at radius 3 is 2.33 bits per heavy atom. The molecule has 0 spiro atoms. The minimum Gasteiger partial charge on any atom is -0.254 e. The van der Waals surface area contributed by atoms with Gasteiger partial charge >= 0.3 is 11.9 Å². The van der Waals surface area contributed by atoms with Crippen LogP contribution in [0, 0.1) is 0 Å². The SMILES string of the molecule is CCC1=C(C)C(=O)OOOC1=O. The minimum absolute atomic E-state index is 0.222. The molecule has 0 aromatic heterocycles. The third kappa shape index (κ3) is 1.45. The monoisotopic (exact) mass is 172 g/mol. The molecule has 1 aliphatic rings. The van der Waals surface area contributed by atoms with Crippen LogP contribution in [0.15, 0.2) is 11.1 Å².